The second-order valence-corrected chi connectivity index (χ2v) is 5.39. The molecule has 0 amide bonds. The zero-order chi connectivity index (χ0) is 10.8. The van der Waals surface area contributed by atoms with Crippen LogP contribution in [0, 0.1) is 5.92 Å². The summed E-state index contributed by atoms with van der Waals surface area (Å²) < 4.78 is 0. The average Bonchev–Trinajstić information content (AvgIpc) is 2.93. The maximum Gasteiger partial charge on any atom is 0.0692 e. The minimum atomic E-state index is -0.0990. The molecule has 2 fully saturated rings. The first-order chi connectivity index (χ1) is 7.16. The van der Waals surface area contributed by atoms with Gasteiger partial charge in [0.15, 0.2) is 0 Å². The smallest absolute Gasteiger partial charge is 0.0692 e. The van der Waals surface area contributed by atoms with Gasteiger partial charge in [0.1, 0.15) is 0 Å². The molecule has 88 valence electrons. The third-order valence-electron chi connectivity index (χ3n) is 3.73. The lowest BCUT2D eigenvalue weighted by Gasteiger charge is -2.21. The summed E-state index contributed by atoms with van der Waals surface area (Å²) in [6.45, 7) is 7.65. The van der Waals surface area contributed by atoms with Gasteiger partial charge in [0.05, 0.1) is 6.10 Å². The van der Waals surface area contributed by atoms with Crippen LogP contribution < -0.4 is 5.32 Å². The molecule has 0 aromatic rings. The molecular formula is C12H24N2O. The Morgan fingerprint density at radius 2 is 2.07 bits per heavy atom. The summed E-state index contributed by atoms with van der Waals surface area (Å²) in [7, 11) is 0. The van der Waals surface area contributed by atoms with Gasteiger partial charge >= 0.3 is 0 Å². The number of hydrogen-bond donors (Lipinski definition) is 2. The maximum absolute atomic E-state index is 9.75. The van der Waals surface area contributed by atoms with Crippen LogP contribution in [0.2, 0.25) is 0 Å². The van der Waals surface area contributed by atoms with E-state index in [9.17, 15) is 5.11 Å². The Morgan fingerprint density at radius 3 is 2.60 bits per heavy atom. The fourth-order valence-corrected chi connectivity index (χ4v) is 2.36. The van der Waals surface area contributed by atoms with Gasteiger partial charge in [-0.05, 0) is 45.6 Å². The summed E-state index contributed by atoms with van der Waals surface area (Å²) in [5.41, 5.74) is 0. The first-order valence-electron chi connectivity index (χ1n) is 6.32. The third kappa shape index (κ3) is 3.16. The highest BCUT2D eigenvalue weighted by molar-refractivity contribution is 4.86. The highest BCUT2D eigenvalue weighted by Gasteiger charge is 2.31. The van der Waals surface area contributed by atoms with Crippen LogP contribution in [0.4, 0.5) is 0 Å². The van der Waals surface area contributed by atoms with Gasteiger partial charge in [-0.15, -0.1) is 0 Å². The van der Waals surface area contributed by atoms with Crippen molar-refractivity contribution in [3.05, 3.63) is 0 Å². The molecule has 15 heavy (non-hydrogen) atoms. The first-order valence-corrected chi connectivity index (χ1v) is 6.32. The van der Waals surface area contributed by atoms with Crippen LogP contribution in [0.1, 0.15) is 33.1 Å². The highest BCUT2D eigenvalue weighted by atomic mass is 16.3. The summed E-state index contributed by atoms with van der Waals surface area (Å²) in [6, 6.07) is 1.26. The Kier molecular flexibility index (Phi) is 3.65. The number of rotatable bonds is 5. The third-order valence-corrected chi connectivity index (χ3v) is 3.73. The second kappa shape index (κ2) is 4.81. The minimum Gasteiger partial charge on any atom is -0.392 e. The monoisotopic (exact) mass is 212 g/mol. The number of aliphatic hydroxyl groups excluding tert-OH is 1. The van der Waals surface area contributed by atoms with Crippen molar-refractivity contribution in [2.75, 3.05) is 19.6 Å². The summed E-state index contributed by atoms with van der Waals surface area (Å²) in [5.74, 6) is 0.597. The van der Waals surface area contributed by atoms with Crippen molar-refractivity contribution in [1.82, 2.24) is 10.2 Å². The van der Waals surface area contributed by atoms with E-state index in [-0.39, 0.29) is 6.10 Å². The van der Waals surface area contributed by atoms with Crippen LogP contribution in [0.25, 0.3) is 0 Å². The van der Waals surface area contributed by atoms with E-state index < -0.39 is 0 Å². The van der Waals surface area contributed by atoms with Gasteiger partial charge in [0, 0.05) is 25.2 Å². The molecule has 0 bridgehead atoms. The van der Waals surface area contributed by atoms with Gasteiger partial charge in [-0.1, -0.05) is 0 Å². The molecule has 2 N–H and O–H groups in total. The Balaban J connectivity index is 1.63. The molecule has 1 aliphatic heterocycles. The molecule has 1 saturated carbocycles. The Hall–Kier alpha value is -0.120. The van der Waals surface area contributed by atoms with Crippen molar-refractivity contribution in [3.63, 3.8) is 0 Å². The van der Waals surface area contributed by atoms with Gasteiger partial charge in [0.25, 0.3) is 0 Å². The topological polar surface area (TPSA) is 35.5 Å². The second-order valence-electron chi connectivity index (χ2n) is 5.39. The summed E-state index contributed by atoms with van der Waals surface area (Å²) in [6.07, 6.45) is 3.59. The Labute approximate surface area is 92.8 Å². The van der Waals surface area contributed by atoms with E-state index in [1.54, 1.807) is 0 Å². The highest BCUT2D eigenvalue weighted by Crippen LogP contribution is 2.32. The predicted octanol–water partition coefficient (Wildman–Crippen LogP) is 0.830. The summed E-state index contributed by atoms with van der Waals surface area (Å²) in [4.78, 5) is 2.50. The fourth-order valence-electron chi connectivity index (χ4n) is 2.36. The van der Waals surface area contributed by atoms with Crippen molar-refractivity contribution < 1.29 is 5.11 Å². The molecule has 1 heterocycles. The van der Waals surface area contributed by atoms with E-state index in [2.05, 4.69) is 24.1 Å². The van der Waals surface area contributed by atoms with Crippen molar-refractivity contribution in [1.29, 1.82) is 0 Å². The summed E-state index contributed by atoms with van der Waals surface area (Å²) >= 11 is 0. The summed E-state index contributed by atoms with van der Waals surface area (Å²) in [5, 5.41) is 13.2. The number of aliphatic hydroxyl groups is 1. The fraction of sp³-hybridized carbons (Fsp3) is 1.00. The van der Waals surface area contributed by atoms with Gasteiger partial charge < -0.3 is 10.4 Å². The van der Waals surface area contributed by atoms with Crippen molar-refractivity contribution in [3.8, 4) is 0 Å². The molecule has 2 aliphatic rings. The molecular weight excluding hydrogens is 188 g/mol. The number of nitrogens with zero attached hydrogens (tertiary/aromatic N) is 1. The minimum absolute atomic E-state index is 0.0990. The lowest BCUT2D eigenvalue weighted by atomic mass is 10.2. The molecule has 0 radical (unpaired) electrons. The van der Waals surface area contributed by atoms with Crippen LogP contribution in [0.3, 0.4) is 0 Å². The van der Waals surface area contributed by atoms with Crippen molar-refractivity contribution in [2.24, 2.45) is 5.92 Å². The maximum atomic E-state index is 9.75. The van der Waals surface area contributed by atoms with Crippen LogP contribution >= 0.6 is 0 Å². The van der Waals surface area contributed by atoms with E-state index >= 15 is 0 Å². The number of nitrogens with one attached hydrogen (secondary N) is 1. The first kappa shape index (κ1) is 11.4. The van der Waals surface area contributed by atoms with Gasteiger partial charge in [-0.2, -0.15) is 0 Å². The number of hydrogen-bond acceptors (Lipinski definition) is 3. The normalized spacial score (nSPS) is 30.0. The van der Waals surface area contributed by atoms with E-state index in [1.807, 2.05) is 0 Å². The van der Waals surface area contributed by atoms with Gasteiger partial charge in [-0.3, -0.25) is 4.90 Å². The molecule has 1 aliphatic carbocycles. The molecule has 0 aromatic heterocycles. The van der Waals surface area contributed by atoms with E-state index in [0.29, 0.717) is 18.0 Å². The molecule has 1 saturated heterocycles. The van der Waals surface area contributed by atoms with Crippen LogP contribution in [0.5, 0.6) is 0 Å². The van der Waals surface area contributed by atoms with E-state index in [4.69, 9.17) is 0 Å². The molecule has 2 rings (SSSR count). The molecule has 3 heteroatoms. The molecule has 2 unspecified atom stereocenters. The van der Waals surface area contributed by atoms with Crippen molar-refractivity contribution >= 4 is 0 Å². The molecule has 3 nitrogen and oxygen atoms in total. The van der Waals surface area contributed by atoms with Gasteiger partial charge in [0.2, 0.25) is 0 Å². The predicted molar refractivity (Wildman–Crippen MR) is 61.8 cm³/mol. The largest absolute Gasteiger partial charge is 0.392 e. The van der Waals surface area contributed by atoms with E-state index in [0.717, 1.165) is 13.1 Å². The average molecular weight is 212 g/mol. The Morgan fingerprint density at radius 1 is 1.33 bits per heavy atom. The Bertz CT molecular complexity index is 204. The zero-order valence-electron chi connectivity index (χ0n) is 9.95. The van der Waals surface area contributed by atoms with Crippen LogP contribution in [-0.4, -0.2) is 47.8 Å². The van der Waals surface area contributed by atoms with Crippen LogP contribution in [0.15, 0.2) is 0 Å². The van der Waals surface area contributed by atoms with Crippen LogP contribution in [-0.2, 0) is 0 Å². The number of likely N-dealkylation sites (tertiary alicyclic amines) is 1. The molecule has 2 atom stereocenters. The SMILES string of the molecule is CC(C)N1CCC(NCC(O)C2CC2)C1. The molecule has 0 spiro atoms. The molecule has 0 aromatic carbocycles. The standard InChI is InChI=1S/C12H24N2O/c1-9(2)14-6-5-11(8-14)13-7-12(15)10-3-4-10/h9-13,15H,3-8H2,1-2H3. The van der Waals surface area contributed by atoms with Gasteiger partial charge in [-0.25, -0.2) is 0 Å². The lowest BCUT2D eigenvalue weighted by molar-refractivity contribution is 0.144. The van der Waals surface area contributed by atoms with E-state index in [1.165, 1.54) is 25.8 Å². The lowest BCUT2D eigenvalue weighted by Crippen LogP contribution is -2.39. The zero-order valence-corrected chi connectivity index (χ0v) is 9.95. The van der Waals surface area contributed by atoms with Crippen molar-refractivity contribution in [2.45, 2.75) is 51.3 Å². The quantitative estimate of drug-likeness (QED) is 0.708.